The van der Waals surface area contributed by atoms with Crippen molar-refractivity contribution in [2.24, 2.45) is 0 Å². The second-order valence-electron chi connectivity index (χ2n) is 5.55. The Morgan fingerprint density at radius 3 is 2.96 bits per heavy atom. The smallest absolute Gasteiger partial charge is 0.246 e. The van der Waals surface area contributed by atoms with Crippen LogP contribution in [0, 0.1) is 0 Å². The lowest BCUT2D eigenvalue weighted by molar-refractivity contribution is 0.183. The molecule has 0 saturated carbocycles. The third-order valence-electron chi connectivity index (χ3n) is 4.00. The molecule has 138 valence electrons. The van der Waals surface area contributed by atoms with Crippen LogP contribution in [0.5, 0.6) is 0 Å². The van der Waals surface area contributed by atoms with E-state index in [-0.39, 0.29) is 23.3 Å². The summed E-state index contributed by atoms with van der Waals surface area (Å²) in [6.07, 6.45) is 6.34. The highest BCUT2D eigenvalue weighted by Gasteiger charge is 2.35. The lowest BCUT2D eigenvalue weighted by atomic mass is 10.1. The van der Waals surface area contributed by atoms with Crippen molar-refractivity contribution >= 4 is 22.4 Å². The van der Waals surface area contributed by atoms with E-state index in [1.54, 1.807) is 30.4 Å². The van der Waals surface area contributed by atoms with E-state index in [4.69, 9.17) is 4.74 Å². The van der Waals surface area contributed by atoms with Crippen molar-refractivity contribution in [3.8, 4) is 0 Å². The van der Waals surface area contributed by atoms with Crippen LogP contribution < -0.4 is 5.32 Å². The van der Waals surface area contributed by atoms with Crippen LogP contribution in [0.15, 0.2) is 41.8 Å². The number of sulfonamides is 1. The molecule has 1 fully saturated rings. The van der Waals surface area contributed by atoms with Gasteiger partial charge < -0.3 is 10.1 Å². The van der Waals surface area contributed by atoms with Crippen molar-refractivity contribution in [3.63, 3.8) is 0 Å². The molecule has 0 aromatic carbocycles. The highest BCUT2D eigenvalue weighted by Crippen LogP contribution is 2.28. The van der Waals surface area contributed by atoms with E-state index in [1.807, 2.05) is 12.1 Å². The lowest BCUT2D eigenvalue weighted by Gasteiger charge is -2.34. The van der Waals surface area contributed by atoms with E-state index in [2.05, 4.69) is 15.4 Å². The first kappa shape index (κ1) is 19.8. The van der Waals surface area contributed by atoms with Crippen LogP contribution in [0.25, 0.3) is 0 Å². The zero-order valence-corrected chi connectivity index (χ0v) is 15.5. The van der Waals surface area contributed by atoms with Gasteiger partial charge in [0, 0.05) is 45.3 Å². The van der Waals surface area contributed by atoms with Crippen molar-refractivity contribution in [1.82, 2.24) is 24.4 Å². The third-order valence-corrected chi connectivity index (χ3v) is 5.87. The molecule has 3 rings (SSSR count). The Balaban J connectivity index is 0.00000225. The molecule has 1 saturated heterocycles. The number of methoxy groups -OCH3 is 1. The first-order chi connectivity index (χ1) is 11.6. The average molecular weight is 388 g/mol. The number of hydrogen-bond acceptors (Lipinski definition) is 6. The number of nitrogens with one attached hydrogen (secondary N) is 1. The minimum absolute atomic E-state index is 0. The van der Waals surface area contributed by atoms with Gasteiger partial charge in [0.1, 0.15) is 4.90 Å². The number of piperazine rings is 1. The largest absolute Gasteiger partial charge is 0.383 e. The van der Waals surface area contributed by atoms with Gasteiger partial charge in [-0.25, -0.2) is 8.42 Å². The van der Waals surface area contributed by atoms with Crippen molar-refractivity contribution in [2.45, 2.75) is 17.5 Å². The van der Waals surface area contributed by atoms with Gasteiger partial charge in [-0.15, -0.1) is 12.4 Å². The third kappa shape index (κ3) is 4.36. The van der Waals surface area contributed by atoms with Crippen LogP contribution in [-0.4, -0.2) is 60.8 Å². The minimum atomic E-state index is -3.62. The number of rotatable bonds is 6. The number of aromatic nitrogens is 3. The Morgan fingerprint density at radius 1 is 1.40 bits per heavy atom. The summed E-state index contributed by atoms with van der Waals surface area (Å²) in [7, 11) is -2.02. The van der Waals surface area contributed by atoms with Gasteiger partial charge in [-0.2, -0.15) is 9.40 Å². The number of halogens is 1. The molecule has 1 atom stereocenters. The molecule has 2 aromatic heterocycles. The maximum Gasteiger partial charge on any atom is 0.246 e. The molecule has 0 spiro atoms. The Morgan fingerprint density at radius 2 is 2.24 bits per heavy atom. The lowest BCUT2D eigenvalue weighted by Crippen LogP contribution is -2.48. The summed E-state index contributed by atoms with van der Waals surface area (Å²) < 4.78 is 34.2. The number of ether oxygens (including phenoxy) is 1. The Kier molecular flexibility index (Phi) is 6.91. The van der Waals surface area contributed by atoms with Gasteiger partial charge in [0.25, 0.3) is 0 Å². The van der Waals surface area contributed by atoms with Gasteiger partial charge in [-0.3, -0.25) is 9.67 Å². The fraction of sp³-hybridized carbons (Fsp3) is 0.467. The van der Waals surface area contributed by atoms with Crippen molar-refractivity contribution in [3.05, 3.63) is 42.5 Å². The zero-order chi connectivity index (χ0) is 17.0. The maximum absolute atomic E-state index is 13.1. The Hall–Kier alpha value is -1.52. The van der Waals surface area contributed by atoms with Gasteiger partial charge in [-0.1, -0.05) is 6.07 Å². The normalized spacial score (nSPS) is 18.7. The number of nitrogens with zero attached hydrogens (tertiary/aromatic N) is 4. The van der Waals surface area contributed by atoms with E-state index in [9.17, 15) is 8.42 Å². The van der Waals surface area contributed by atoms with Crippen LogP contribution in [0.1, 0.15) is 11.6 Å². The van der Waals surface area contributed by atoms with Crippen molar-refractivity contribution in [2.75, 3.05) is 33.4 Å². The molecular formula is C15H22ClN5O3S. The monoisotopic (exact) mass is 387 g/mol. The molecule has 8 nitrogen and oxygen atoms in total. The topological polar surface area (TPSA) is 89.4 Å². The van der Waals surface area contributed by atoms with Crippen LogP contribution in [0.2, 0.25) is 0 Å². The van der Waals surface area contributed by atoms with Gasteiger partial charge in [-0.05, 0) is 11.6 Å². The Bertz CT molecular complexity index is 768. The minimum Gasteiger partial charge on any atom is -0.383 e. The first-order valence-corrected chi connectivity index (χ1v) is 9.21. The van der Waals surface area contributed by atoms with E-state index >= 15 is 0 Å². The molecule has 0 bridgehead atoms. The molecule has 2 aromatic rings. The summed E-state index contributed by atoms with van der Waals surface area (Å²) in [4.78, 5) is 4.31. The molecular weight excluding hydrogens is 366 g/mol. The molecule has 1 N–H and O–H groups in total. The van der Waals surface area contributed by atoms with E-state index in [0.717, 1.165) is 5.56 Å². The number of hydrogen-bond donors (Lipinski definition) is 1. The SMILES string of the molecule is COCCn1cc(S(=O)(=O)N2CCNCC2c2cccnc2)cn1.Cl. The summed E-state index contributed by atoms with van der Waals surface area (Å²) in [5, 5.41) is 7.36. The molecule has 1 unspecified atom stereocenters. The molecule has 1 aliphatic heterocycles. The summed E-state index contributed by atoms with van der Waals surface area (Å²) >= 11 is 0. The first-order valence-electron chi connectivity index (χ1n) is 7.77. The molecule has 0 amide bonds. The summed E-state index contributed by atoms with van der Waals surface area (Å²) in [6, 6.07) is 3.44. The Labute approximate surface area is 153 Å². The molecule has 10 heteroatoms. The maximum atomic E-state index is 13.1. The van der Waals surface area contributed by atoms with Gasteiger partial charge in [0.05, 0.1) is 25.4 Å². The predicted octanol–water partition coefficient (Wildman–Crippen LogP) is 0.682. The highest BCUT2D eigenvalue weighted by molar-refractivity contribution is 7.89. The number of pyridine rings is 1. The van der Waals surface area contributed by atoms with Gasteiger partial charge in [0.15, 0.2) is 0 Å². The van der Waals surface area contributed by atoms with Crippen molar-refractivity contribution < 1.29 is 13.2 Å². The van der Waals surface area contributed by atoms with Crippen LogP contribution in [0.3, 0.4) is 0 Å². The summed E-state index contributed by atoms with van der Waals surface area (Å²) in [5.41, 5.74) is 0.875. The van der Waals surface area contributed by atoms with Crippen LogP contribution >= 0.6 is 12.4 Å². The zero-order valence-electron chi connectivity index (χ0n) is 13.9. The summed E-state index contributed by atoms with van der Waals surface area (Å²) in [6.45, 7) is 2.58. The van der Waals surface area contributed by atoms with E-state index in [0.29, 0.717) is 32.8 Å². The van der Waals surface area contributed by atoms with E-state index < -0.39 is 10.0 Å². The quantitative estimate of drug-likeness (QED) is 0.784. The molecule has 0 aliphatic carbocycles. The fourth-order valence-electron chi connectivity index (χ4n) is 2.75. The second kappa shape index (κ2) is 8.72. The average Bonchev–Trinajstić information content (AvgIpc) is 3.10. The predicted molar refractivity (Wildman–Crippen MR) is 95.1 cm³/mol. The molecule has 0 radical (unpaired) electrons. The van der Waals surface area contributed by atoms with Crippen molar-refractivity contribution in [1.29, 1.82) is 0 Å². The summed E-state index contributed by atoms with van der Waals surface area (Å²) in [5.74, 6) is 0. The second-order valence-corrected chi connectivity index (χ2v) is 7.44. The fourth-order valence-corrected chi connectivity index (χ4v) is 4.32. The van der Waals surface area contributed by atoms with Gasteiger partial charge >= 0.3 is 0 Å². The highest BCUT2D eigenvalue weighted by atomic mass is 35.5. The molecule has 25 heavy (non-hydrogen) atoms. The van der Waals surface area contributed by atoms with E-state index in [1.165, 1.54) is 10.5 Å². The standard InChI is InChI=1S/C15H21N5O3S.ClH/c1-23-8-7-19-12-14(10-18-19)24(21,22)20-6-5-17-11-15(20)13-3-2-4-16-9-13;/h2-4,9-10,12,15,17H,5-8,11H2,1H3;1H. The van der Waals surface area contributed by atoms with Gasteiger partial charge in [0.2, 0.25) is 10.0 Å². The molecule has 1 aliphatic rings. The van der Waals surface area contributed by atoms with Crippen LogP contribution in [0.4, 0.5) is 0 Å². The molecule has 3 heterocycles. The van der Waals surface area contributed by atoms with Crippen LogP contribution in [-0.2, 0) is 21.3 Å².